The highest BCUT2D eigenvalue weighted by molar-refractivity contribution is 6.42. The van der Waals surface area contributed by atoms with Gasteiger partial charge in [-0.3, -0.25) is 9.59 Å². The summed E-state index contributed by atoms with van der Waals surface area (Å²) in [5, 5.41) is 2.77. The fourth-order valence-corrected chi connectivity index (χ4v) is 3.84. The Bertz CT molecular complexity index is 854. The summed E-state index contributed by atoms with van der Waals surface area (Å²) in [7, 11) is 3.79. The molecule has 1 amide bonds. The van der Waals surface area contributed by atoms with Crippen LogP contribution in [0, 0.1) is 6.92 Å². The van der Waals surface area contributed by atoms with Crippen molar-refractivity contribution in [2.45, 2.75) is 58.0 Å². The van der Waals surface area contributed by atoms with Gasteiger partial charge < -0.3 is 14.8 Å². The Labute approximate surface area is 166 Å². The third-order valence-electron chi connectivity index (χ3n) is 5.64. The van der Waals surface area contributed by atoms with E-state index < -0.39 is 11.7 Å². The molecule has 2 aromatic heterocycles. The van der Waals surface area contributed by atoms with Crippen LogP contribution in [0.3, 0.4) is 0 Å². The van der Waals surface area contributed by atoms with Gasteiger partial charge in [-0.15, -0.1) is 0 Å². The molecule has 1 aliphatic rings. The fourth-order valence-electron chi connectivity index (χ4n) is 3.84. The Morgan fingerprint density at radius 3 is 2.61 bits per heavy atom. The number of nitrogens with zero attached hydrogens (tertiary/aromatic N) is 4. The smallest absolute Gasteiger partial charge is 0.294 e. The van der Waals surface area contributed by atoms with Crippen LogP contribution in [0.25, 0.3) is 0 Å². The third-order valence-corrected chi connectivity index (χ3v) is 5.64. The van der Waals surface area contributed by atoms with Crippen LogP contribution < -0.4 is 10.2 Å². The van der Waals surface area contributed by atoms with Crippen molar-refractivity contribution in [3.63, 3.8) is 0 Å². The van der Waals surface area contributed by atoms with Crippen LogP contribution in [0.1, 0.15) is 66.8 Å². The molecular formula is C21H29N5O2. The molecule has 7 nitrogen and oxygen atoms in total. The summed E-state index contributed by atoms with van der Waals surface area (Å²) in [5.41, 5.74) is 1.99. The number of hydrogen-bond donors (Lipinski definition) is 1. The lowest BCUT2D eigenvalue weighted by molar-refractivity contribution is -0.117. The second-order valence-corrected chi connectivity index (χ2v) is 7.64. The van der Waals surface area contributed by atoms with Crippen LogP contribution >= 0.6 is 0 Å². The number of nitrogens with one attached hydrogen (secondary N) is 1. The molecule has 3 rings (SSSR count). The highest BCUT2D eigenvalue weighted by atomic mass is 16.2. The van der Waals surface area contributed by atoms with Crippen molar-refractivity contribution in [1.82, 2.24) is 19.9 Å². The lowest BCUT2D eigenvalue weighted by Gasteiger charge is -2.31. The van der Waals surface area contributed by atoms with E-state index in [0.717, 1.165) is 11.3 Å². The van der Waals surface area contributed by atoms with Gasteiger partial charge in [0.05, 0.1) is 11.7 Å². The average Bonchev–Trinajstić information content (AvgIpc) is 3.13. The number of amides is 1. The molecule has 0 radical (unpaired) electrons. The van der Waals surface area contributed by atoms with Crippen molar-refractivity contribution >= 4 is 17.6 Å². The quantitative estimate of drug-likeness (QED) is 0.613. The highest BCUT2D eigenvalue weighted by Crippen LogP contribution is 2.25. The number of hydrogen-bond acceptors (Lipinski definition) is 5. The van der Waals surface area contributed by atoms with E-state index >= 15 is 0 Å². The zero-order valence-corrected chi connectivity index (χ0v) is 17.1. The Morgan fingerprint density at radius 2 is 2.00 bits per heavy atom. The second-order valence-electron chi connectivity index (χ2n) is 7.64. The normalized spacial score (nSPS) is 15.9. The van der Waals surface area contributed by atoms with Gasteiger partial charge in [-0.1, -0.05) is 19.3 Å². The van der Waals surface area contributed by atoms with Crippen molar-refractivity contribution in [3.8, 4) is 0 Å². The van der Waals surface area contributed by atoms with E-state index in [-0.39, 0.29) is 6.04 Å². The molecule has 1 aliphatic carbocycles. The van der Waals surface area contributed by atoms with E-state index in [2.05, 4.69) is 20.2 Å². The number of carbonyl (C=O) groups is 2. The van der Waals surface area contributed by atoms with Gasteiger partial charge in [0.1, 0.15) is 0 Å². The molecule has 0 saturated heterocycles. The van der Waals surface area contributed by atoms with E-state index in [1.807, 2.05) is 20.9 Å². The Balaban J connectivity index is 1.68. The molecule has 1 atom stereocenters. The molecule has 1 fully saturated rings. The summed E-state index contributed by atoms with van der Waals surface area (Å²) in [6.45, 7) is 3.75. The maximum atomic E-state index is 12.3. The predicted octanol–water partition coefficient (Wildman–Crippen LogP) is 2.95. The molecule has 1 N–H and O–H groups in total. The number of carbonyl (C=O) groups excluding carboxylic acids is 2. The van der Waals surface area contributed by atoms with E-state index in [9.17, 15) is 9.59 Å². The first-order valence-corrected chi connectivity index (χ1v) is 9.91. The van der Waals surface area contributed by atoms with Gasteiger partial charge in [0.25, 0.3) is 11.7 Å². The van der Waals surface area contributed by atoms with Gasteiger partial charge in [0, 0.05) is 43.8 Å². The van der Waals surface area contributed by atoms with Gasteiger partial charge in [-0.2, -0.15) is 0 Å². The summed E-state index contributed by atoms with van der Waals surface area (Å²) < 4.78 is 1.64. The van der Waals surface area contributed by atoms with Crippen molar-refractivity contribution < 1.29 is 9.59 Å². The first-order valence-electron chi connectivity index (χ1n) is 9.91. The molecule has 0 spiro atoms. The van der Waals surface area contributed by atoms with Crippen LogP contribution in [0.5, 0.6) is 0 Å². The lowest BCUT2D eigenvalue weighted by Crippen LogP contribution is -2.36. The number of ketones is 1. The molecule has 1 saturated carbocycles. The van der Waals surface area contributed by atoms with Crippen molar-refractivity contribution in [1.29, 1.82) is 0 Å². The molecule has 0 unspecified atom stereocenters. The maximum Gasteiger partial charge on any atom is 0.294 e. The standard InChI is InChI=1S/C21H29N5O2/c1-14(23-20(28)19(27)18-11-8-12-25(18)3)17-13-22-21(24-15(17)2)26(4)16-9-6-5-7-10-16/h8,11-14,16H,5-7,9-10H2,1-4H3,(H,23,28)/t14-/m0/s1. The predicted molar refractivity (Wildman–Crippen MR) is 108 cm³/mol. The molecule has 7 heteroatoms. The summed E-state index contributed by atoms with van der Waals surface area (Å²) in [4.78, 5) is 36.0. The van der Waals surface area contributed by atoms with E-state index in [1.54, 1.807) is 36.1 Å². The molecule has 2 aromatic rings. The monoisotopic (exact) mass is 383 g/mol. The summed E-state index contributed by atoms with van der Waals surface area (Å²) in [6, 6.07) is 3.50. The minimum atomic E-state index is -0.628. The first-order chi connectivity index (χ1) is 13.4. The molecule has 2 heterocycles. The van der Waals surface area contributed by atoms with Crippen LogP contribution in [-0.4, -0.2) is 39.3 Å². The number of aromatic nitrogens is 3. The van der Waals surface area contributed by atoms with Crippen molar-refractivity contribution in [2.75, 3.05) is 11.9 Å². The summed E-state index contributed by atoms with van der Waals surface area (Å²) in [5.74, 6) is -0.463. The van der Waals surface area contributed by atoms with E-state index in [1.165, 1.54) is 32.1 Å². The van der Waals surface area contributed by atoms with Gasteiger partial charge in [-0.25, -0.2) is 9.97 Å². The number of rotatable bonds is 6. The summed E-state index contributed by atoms with van der Waals surface area (Å²) >= 11 is 0. The van der Waals surface area contributed by atoms with Crippen molar-refractivity contribution in [3.05, 3.63) is 41.5 Å². The zero-order valence-electron chi connectivity index (χ0n) is 17.1. The van der Waals surface area contributed by atoms with Gasteiger partial charge in [0.2, 0.25) is 5.95 Å². The molecule has 0 aliphatic heterocycles. The van der Waals surface area contributed by atoms with Gasteiger partial charge >= 0.3 is 0 Å². The van der Waals surface area contributed by atoms with Crippen molar-refractivity contribution in [2.24, 2.45) is 7.05 Å². The Hall–Kier alpha value is -2.70. The van der Waals surface area contributed by atoms with E-state index in [0.29, 0.717) is 17.7 Å². The topological polar surface area (TPSA) is 80.1 Å². The zero-order chi connectivity index (χ0) is 20.3. The van der Waals surface area contributed by atoms with Crippen LogP contribution in [0.4, 0.5) is 5.95 Å². The SMILES string of the molecule is Cc1nc(N(C)C2CCCCC2)ncc1[C@H](C)NC(=O)C(=O)c1cccn1C. The van der Waals surface area contributed by atoms with Crippen LogP contribution in [0.2, 0.25) is 0 Å². The number of Topliss-reactive ketones (excluding diaryl/α,β-unsaturated/α-hetero) is 1. The Morgan fingerprint density at radius 1 is 1.29 bits per heavy atom. The molecule has 0 bridgehead atoms. The molecule has 150 valence electrons. The second kappa shape index (κ2) is 8.54. The molecule has 28 heavy (non-hydrogen) atoms. The lowest BCUT2D eigenvalue weighted by atomic mass is 9.95. The highest BCUT2D eigenvalue weighted by Gasteiger charge is 2.24. The number of anilines is 1. The largest absolute Gasteiger partial charge is 0.348 e. The maximum absolute atomic E-state index is 12.3. The number of aryl methyl sites for hydroxylation is 2. The van der Waals surface area contributed by atoms with E-state index in [4.69, 9.17) is 0 Å². The van der Waals surface area contributed by atoms with Crippen LogP contribution in [-0.2, 0) is 11.8 Å². The average molecular weight is 383 g/mol. The minimum absolute atomic E-state index is 0.356. The molecular weight excluding hydrogens is 354 g/mol. The van der Waals surface area contributed by atoms with Gasteiger partial charge in [0.15, 0.2) is 0 Å². The van der Waals surface area contributed by atoms with Gasteiger partial charge in [-0.05, 0) is 38.8 Å². The first kappa shape index (κ1) is 20.0. The fraction of sp³-hybridized carbons (Fsp3) is 0.524. The minimum Gasteiger partial charge on any atom is -0.348 e. The van der Waals surface area contributed by atoms with Crippen LogP contribution in [0.15, 0.2) is 24.5 Å². The Kier molecular flexibility index (Phi) is 6.11. The third kappa shape index (κ3) is 4.24. The summed E-state index contributed by atoms with van der Waals surface area (Å²) in [6.07, 6.45) is 9.66. The molecule has 0 aromatic carbocycles.